The third kappa shape index (κ3) is 1.58. The molecule has 1 aromatic rings. The first kappa shape index (κ1) is 10.3. The lowest BCUT2D eigenvalue weighted by atomic mass is 9.86. The van der Waals surface area contributed by atoms with Gasteiger partial charge in [-0.1, -0.05) is 0 Å². The lowest BCUT2D eigenvalue weighted by Gasteiger charge is -2.43. The molecule has 2 nitrogen and oxygen atoms in total. The average molecular weight is 204 g/mol. The first-order chi connectivity index (χ1) is 6.92. The van der Waals surface area contributed by atoms with E-state index in [0.717, 1.165) is 12.1 Å². The Labute approximate surface area is 92.1 Å². The lowest BCUT2D eigenvalue weighted by molar-refractivity contribution is 0.432. The molecule has 0 unspecified atom stereocenters. The Kier molecular flexibility index (Phi) is 2.18. The van der Waals surface area contributed by atoms with E-state index in [1.165, 1.54) is 23.2 Å². The van der Waals surface area contributed by atoms with Crippen molar-refractivity contribution < 1.29 is 0 Å². The van der Waals surface area contributed by atoms with Crippen LogP contribution in [0.5, 0.6) is 0 Å². The third-order valence-corrected chi connectivity index (χ3v) is 3.74. The van der Waals surface area contributed by atoms with Crippen molar-refractivity contribution >= 4 is 11.4 Å². The van der Waals surface area contributed by atoms with Gasteiger partial charge in [-0.2, -0.15) is 0 Å². The molecular formula is C13H20N2. The summed E-state index contributed by atoms with van der Waals surface area (Å²) >= 11 is 0. The second-order valence-corrected chi connectivity index (χ2v) is 5.21. The van der Waals surface area contributed by atoms with Gasteiger partial charge in [-0.15, -0.1) is 0 Å². The van der Waals surface area contributed by atoms with Crippen LogP contribution >= 0.6 is 0 Å². The van der Waals surface area contributed by atoms with Gasteiger partial charge in [0, 0.05) is 24.0 Å². The van der Waals surface area contributed by atoms with Crippen molar-refractivity contribution in [3.05, 3.63) is 23.3 Å². The summed E-state index contributed by atoms with van der Waals surface area (Å²) in [6, 6.07) is 4.35. The number of anilines is 2. The Morgan fingerprint density at radius 3 is 2.67 bits per heavy atom. The Morgan fingerprint density at radius 1 is 1.33 bits per heavy atom. The minimum atomic E-state index is 0.259. The number of nitrogen functional groups attached to an aromatic ring is 1. The highest BCUT2D eigenvalue weighted by Gasteiger charge is 2.30. The molecule has 2 rings (SSSR count). The molecule has 0 radical (unpaired) electrons. The highest BCUT2D eigenvalue weighted by Crippen LogP contribution is 2.37. The zero-order valence-electron chi connectivity index (χ0n) is 10.1. The standard InChI is InChI=1S/C13H20N2/c1-9-7-12-10(8-11(9)14)5-6-13(2,3)15(12)4/h7-8H,5-6,14H2,1-4H3. The van der Waals surface area contributed by atoms with E-state index in [1.807, 2.05) is 0 Å². The highest BCUT2D eigenvalue weighted by atomic mass is 15.2. The smallest absolute Gasteiger partial charge is 0.0404 e. The van der Waals surface area contributed by atoms with Crippen molar-refractivity contribution in [3.8, 4) is 0 Å². The molecule has 0 aromatic heterocycles. The van der Waals surface area contributed by atoms with Crippen molar-refractivity contribution in [2.75, 3.05) is 17.7 Å². The lowest BCUT2D eigenvalue weighted by Crippen LogP contribution is -2.44. The number of fused-ring (bicyclic) bond motifs is 1. The molecule has 0 aliphatic carbocycles. The van der Waals surface area contributed by atoms with E-state index in [4.69, 9.17) is 5.73 Å². The number of benzene rings is 1. The van der Waals surface area contributed by atoms with Crippen molar-refractivity contribution in [2.45, 2.75) is 39.2 Å². The molecule has 15 heavy (non-hydrogen) atoms. The topological polar surface area (TPSA) is 29.3 Å². The molecule has 0 bridgehead atoms. The maximum Gasteiger partial charge on any atom is 0.0404 e. The molecule has 0 atom stereocenters. The van der Waals surface area contributed by atoms with Gasteiger partial charge in [0.2, 0.25) is 0 Å². The highest BCUT2D eigenvalue weighted by molar-refractivity contribution is 5.65. The van der Waals surface area contributed by atoms with E-state index < -0.39 is 0 Å². The summed E-state index contributed by atoms with van der Waals surface area (Å²) < 4.78 is 0. The summed E-state index contributed by atoms with van der Waals surface area (Å²) in [6.45, 7) is 6.66. The van der Waals surface area contributed by atoms with E-state index in [2.05, 4.69) is 44.9 Å². The summed E-state index contributed by atoms with van der Waals surface area (Å²) in [5.41, 5.74) is 11.0. The van der Waals surface area contributed by atoms with Crippen molar-refractivity contribution in [1.82, 2.24) is 0 Å². The van der Waals surface area contributed by atoms with Crippen LogP contribution in [-0.4, -0.2) is 12.6 Å². The van der Waals surface area contributed by atoms with Gasteiger partial charge >= 0.3 is 0 Å². The van der Waals surface area contributed by atoms with Crippen molar-refractivity contribution in [3.63, 3.8) is 0 Å². The van der Waals surface area contributed by atoms with Crippen LogP contribution in [0.15, 0.2) is 12.1 Å². The number of nitrogens with zero attached hydrogens (tertiary/aromatic N) is 1. The summed E-state index contributed by atoms with van der Waals surface area (Å²) in [5, 5.41) is 0. The fraction of sp³-hybridized carbons (Fsp3) is 0.538. The van der Waals surface area contributed by atoms with Gasteiger partial charge < -0.3 is 10.6 Å². The van der Waals surface area contributed by atoms with Gasteiger partial charge in [0.15, 0.2) is 0 Å². The quantitative estimate of drug-likeness (QED) is 0.658. The van der Waals surface area contributed by atoms with E-state index in [-0.39, 0.29) is 5.54 Å². The first-order valence-electron chi connectivity index (χ1n) is 5.54. The van der Waals surface area contributed by atoms with Crippen molar-refractivity contribution in [2.24, 2.45) is 0 Å². The molecule has 0 saturated heterocycles. The minimum Gasteiger partial charge on any atom is -0.399 e. The number of hydrogen-bond acceptors (Lipinski definition) is 2. The van der Waals surface area contributed by atoms with Crippen LogP contribution in [-0.2, 0) is 6.42 Å². The van der Waals surface area contributed by atoms with Crippen LogP contribution in [0, 0.1) is 6.92 Å². The van der Waals surface area contributed by atoms with Crippen LogP contribution < -0.4 is 10.6 Å². The van der Waals surface area contributed by atoms with Gasteiger partial charge in [-0.25, -0.2) is 0 Å². The van der Waals surface area contributed by atoms with Gasteiger partial charge in [0.05, 0.1) is 0 Å². The third-order valence-electron chi connectivity index (χ3n) is 3.74. The summed E-state index contributed by atoms with van der Waals surface area (Å²) in [7, 11) is 2.17. The van der Waals surface area contributed by atoms with Crippen LogP contribution in [0.1, 0.15) is 31.4 Å². The predicted molar refractivity (Wildman–Crippen MR) is 66.4 cm³/mol. The molecule has 1 aliphatic rings. The van der Waals surface area contributed by atoms with Gasteiger partial charge in [0.1, 0.15) is 0 Å². The van der Waals surface area contributed by atoms with Crippen LogP contribution in [0.3, 0.4) is 0 Å². The average Bonchev–Trinajstić information content (AvgIpc) is 2.16. The molecule has 0 spiro atoms. The maximum absolute atomic E-state index is 5.94. The maximum atomic E-state index is 5.94. The Hall–Kier alpha value is -1.18. The summed E-state index contributed by atoms with van der Waals surface area (Å²) in [4.78, 5) is 2.37. The van der Waals surface area contributed by atoms with Crippen LogP contribution in [0.25, 0.3) is 0 Å². The zero-order chi connectivity index (χ0) is 11.2. The Morgan fingerprint density at radius 2 is 2.00 bits per heavy atom. The van der Waals surface area contributed by atoms with Gasteiger partial charge in [-0.05, 0) is 56.9 Å². The second kappa shape index (κ2) is 3.16. The number of aryl methyl sites for hydroxylation is 2. The van der Waals surface area contributed by atoms with Gasteiger partial charge in [-0.3, -0.25) is 0 Å². The van der Waals surface area contributed by atoms with Gasteiger partial charge in [0.25, 0.3) is 0 Å². The van der Waals surface area contributed by atoms with Crippen LogP contribution in [0.2, 0.25) is 0 Å². The Bertz CT molecular complexity index is 394. The van der Waals surface area contributed by atoms with E-state index in [0.29, 0.717) is 0 Å². The molecule has 0 saturated carbocycles. The fourth-order valence-corrected chi connectivity index (χ4v) is 2.20. The largest absolute Gasteiger partial charge is 0.399 e. The van der Waals surface area contributed by atoms with E-state index >= 15 is 0 Å². The molecule has 0 amide bonds. The molecule has 1 aliphatic heterocycles. The Balaban J connectivity index is 2.52. The molecule has 2 heteroatoms. The molecule has 1 heterocycles. The number of rotatable bonds is 0. The minimum absolute atomic E-state index is 0.259. The first-order valence-corrected chi connectivity index (χ1v) is 5.54. The number of hydrogen-bond donors (Lipinski definition) is 1. The molecule has 82 valence electrons. The summed E-state index contributed by atoms with van der Waals surface area (Å²) in [5.74, 6) is 0. The number of nitrogens with two attached hydrogens (primary N) is 1. The van der Waals surface area contributed by atoms with E-state index in [1.54, 1.807) is 0 Å². The zero-order valence-corrected chi connectivity index (χ0v) is 10.1. The second-order valence-electron chi connectivity index (χ2n) is 5.21. The molecule has 1 aromatic carbocycles. The van der Waals surface area contributed by atoms with Crippen molar-refractivity contribution in [1.29, 1.82) is 0 Å². The SMILES string of the molecule is Cc1cc2c(cc1N)CCC(C)(C)N2C. The van der Waals surface area contributed by atoms with E-state index in [9.17, 15) is 0 Å². The summed E-state index contributed by atoms with van der Waals surface area (Å²) in [6.07, 6.45) is 2.33. The predicted octanol–water partition coefficient (Wildman–Crippen LogP) is 2.74. The fourth-order valence-electron chi connectivity index (χ4n) is 2.20. The molecule has 2 N–H and O–H groups in total. The normalized spacial score (nSPS) is 18.8. The monoisotopic (exact) mass is 204 g/mol. The van der Waals surface area contributed by atoms with Crippen LogP contribution in [0.4, 0.5) is 11.4 Å². The molecular weight excluding hydrogens is 184 g/mol. The molecule has 0 fully saturated rings.